The third-order valence-corrected chi connectivity index (χ3v) is 5.07. The molecule has 0 bridgehead atoms. The molecule has 4 heteroatoms. The number of hydrogen-bond acceptors (Lipinski definition) is 2. The molecule has 3 nitrogen and oxygen atoms in total. The number of ether oxygens (including phenoxy) is 1. The van der Waals surface area contributed by atoms with Gasteiger partial charge in [-0.2, -0.15) is 0 Å². The number of halogens is 1. The van der Waals surface area contributed by atoms with E-state index in [1.165, 1.54) is 11.1 Å². The van der Waals surface area contributed by atoms with Crippen molar-refractivity contribution in [1.82, 2.24) is 5.32 Å². The molecule has 0 spiro atoms. The fraction of sp³-hybridized carbons (Fsp3) is 0.350. The second-order valence-electron chi connectivity index (χ2n) is 6.07. The van der Waals surface area contributed by atoms with Gasteiger partial charge in [-0.1, -0.05) is 41.1 Å². The number of nitrogens with one attached hydrogen (secondary N) is 1. The summed E-state index contributed by atoms with van der Waals surface area (Å²) in [5.74, 6) is 0.589. The van der Waals surface area contributed by atoms with E-state index in [1.807, 2.05) is 25.1 Å². The van der Waals surface area contributed by atoms with Gasteiger partial charge in [-0.3, -0.25) is 4.79 Å². The molecule has 0 saturated carbocycles. The Bertz CT molecular complexity index is 728. The van der Waals surface area contributed by atoms with Crippen molar-refractivity contribution in [3.05, 3.63) is 63.1 Å². The van der Waals surface area contributed by atoms with Crippen LogP contribution in [0.15, 0.2) is 40.9 Å². The maximum Gasteiger partial charge on any atom is 0.258 e. The van der Waals surface area contributed by atoms with Gasteiger partial charge in [0.2, 0.25) is 0 Å². The average Bonchev–Trinajstić information content (AvgIpc) is 2.56. The van der Waals surface area contributed by atoms with E-state index in [4.69, 9.17) is 4.74 Å². The molecule has 1 unspecified atom stereocenters. The molecule has 0 saturated heterocycles. The minimum Gasteiger partial charge on any atom is -0.484 e. The van der Waals surface area contributed by atoms with Gasteiger partial charge in [-0.15, -0.1) is 0 Å². The topological polar surface area (TPSA) is 38.3 Å². The van der Waals surface area contributed by atoms with Crippen LogP contribution in [-0.2, 0) is 4.79 Å². The standard InChI is InChI=1S/C20H24BrNO2/c1-5-19(16-7-6-13(2)14(3)10-16)22-20(23)12-24-17-8-9-18(21)15(4)11-17/h6-11,19H,5,12H2,1-4H3,(H,22,23). The monoisotopic (exact) mass is 389 g/mol. The van der Waals surface area contributed by atoms with Crippen LogP contribution in [0.25, 0.3) is 0 Å². The largest absolute Gasteiger partial charge is 0.484 e. The summed E-state index contributed by atoms with van der Waals surface area (Å²) >= 11 is 3.45. The second kappa shape index (κ2) is 8.34. The molecule has 0 aliphatic carbocycles. The quantitative estimate of drug-likeness (QED) is 0.752. The molecular formula is C20H24BrNO2. The number of benzene rings is 2. The number of aryl methyl sites for hydroxylation is 3. The highest BCUT2D eigenvalue weighted by atomic mass is 79.9. The Labute approximate surface area is 152 Å². The number of amides is 1. The Morgan fingerprint density at radius 1 is 1.08 bits per heavy atom. The van der Waals surface area contributed by atoms with Crippen LogP contribution in [0.5, 0.6) is 5.75 Å². The first-order chi connectivity index (χ1) is 11.4. The molecule has 2 rings (SSSR count). The molecule has 2 aromatic rings. The van der Waals surface area contributed by atoms with Gasteiger partial charge < -0.3 is 10.1 Å². The highest BCUT2D eigenvalue weighted by Crippen LogP contribution is 2.22. The zero-order chi connectivity index (χ0) is 17.7. The highest BCUT2D eigenvalue weighted by molar-refractivity contribution is 9.10. The van der Waals surface area contributed by atoms with Gasteiger partial charge >= 0.3 is 0 Å². The van der Waals surface area contributed by atoms with Crippen LogP contribution in [0.4, 0.5) is 0 Å². The van der Waals surface area contributed by atoms with Crippen molar-refractivity contribution >= 4 is 21.8 Å². The predicted octanol–water partition coefficient (Wildman–Crippen LogP) is 5.02. The van der Waals surface area contributed by atoms with Gasteiger partial charge in [-0.05, 0) is 67.6 Å². The van der Waals surface area contributed by atoms with Crippen molar-refractivity contribution in [2.75, 3.05) is 6.61 Å². The maximum absolute atomic E-state index is 12.2. The van der Waals surface area contributed by atoms with Crippen LogP contribution in [0.2, 0.25) is 0 Å². The minimum atomic E-state index is -0.111. The zero-order valence-electron chi connectivity index (χ0n) is 14.7. The van der Waals surface area contributed by atoms with E-state index in [2.05, 4.69) is 60.2 Å². The molecule has 0 aromatic heterocycles. The summed E-state index contributed by atoms with van der Waals surface area (Å²) < 4.78 is 6.62. The lowest BCUT2D eigenvalue weighted by Gasteiger charge is -2.19. The molecule has 2 aromatic carbocycles. The smallest absolute Gasteiger partial charge is 0.258 e. The fourth-order valence-electron chi connectivity index (χ4n) is 2.49. The summed E-state index contributed by atoms with van der Waals surface area (Å²) in [6, 6.07) is 12.0. The molecule has 24 heavy (non-hydrogen) atoms. The van der Waals surface area contributed by atoms with Crippen LogP contribution >= 0.6 is 15.9 Å². The number of hydrogen-bond donors (Lipinski definition) is 1. The summed E-state index contributed by atoms with van der Waals surface area (Å²) in [5, 5.41) is 3.05. The van der Waals surface area contributed by atoms with E-state index in [0.717, 1.165) is 22.0 Å². The van der Waals surface area contributed by atoms with Gasteiger partial charge in [0.1, 0.15) is 5.75 Å². The normalized spacial score (nSPS) is 11.9. The van der Waals surface area contributed by atoms with E-state index in [0.29, 0.717) is 5.75 Å². The van der Waals surface area contributed by atoms with Crippen LogP contribution in [0, 0.1) is 20.8 Å². The first-order valence-corrected chi connectivity index (χ1v) is 8.95. The third-order valence-electron chi connectivity index (χ3n) is 4.18. The summed E-state index contributed by atoms with van der Waals surface area (Å²) in [7, 11) is 0. The first kappa shape index (κ1) is 18.5. The minimum absolute atomic E-state index is 0.00653. The van der Waals surface area contributed by atoms with E-state index in [9.17, 15) is 4.79 Å². The van der Waals surface area contributed by atoms with E-state index in [-0.39, 0.29) is 18.6 Å². The van der Waals surface area contributed by atoms with Crippen molar-refractivity contribution in [3.63, 3.8) is 0 Å². The van der Waals surface area contributed by atoms with Gasteiger partial charge in [0, 0.05) is 4.47 Å². The Kier molecular flexibility index (Phi) is 6.44. The van der Waals surface area contributed by atoms with Crippen LogP contribution < -0.4 is 10.1 Å². The molecular weight excluding hydrogens is 366 g/mol. The molecule has 1 N–H and O–H groups in total. The van der Waals surface area contributed by atoms with E-state index >= 15 is 0 Å². The zero-order valence-corrected chi connectivity index (χ0v) is 16.2. The maximum atomic E-state index is 12.2. The molecule has 1 amide bonds. The highest BCUT2D eigenvalue weighted by Gasteiger charge is 2.14. The Hall–Kier alpha value is -1.81. The summed E-state index contributed by atoms with van der Waals surface area (Å²) in [6.45, 7) is 8.25. The number of carbonyl (C=O) groups is 1. The van der Waals surface area contributed by atoms with E-state index < -0.39 is 0 Å². The van der Waals surface area contributed by atoms with Crippen molar-refractivity contribution in [2.45, 2.75) is 40.2 Å². The average molecular weight is 390 g/mol. The molecule has 128 valence electrons. The predicted molar refractivity (Wildman–Crippen MR) is 101 cm³/mol. The van der Waals surface area contributed by atoms with Crippen molar-refractivity contribution in [3.8, 4) is 5.75 Å². The summed E-state index contributed by atoms with van der Waals surface area (Å²) in [5.41, 5.74) is 4.71. The lowest BCUT2D eigenvalue weighted by Crippen LogP contribution is -2.32. The molecule has 0 aliphatic rings. The van der Waals surface area contributed by atoms with Gasteiger partial charge in [-0.25, -0.2) is 0 Å². The lowest BCUT2D eigenvalue weighted by atomic mass is 9.99. The van der Waals surface area contributed by atoms with Crippen LogP contribution in [0.3, 0.4) is 0 Å². The molecule has 1 atom stereocenters. The summed E-state index contributed by atoms with van der Waals surface area (Å²) in [4.78, 5) is 12.2. The van der Waals surface area contributed by atoms with E-state index in [1.54, 1.807) is 0 Å². The van der Waals surface area contributed by atoms with Crippen molar-refractivity contribution < 1.29 is 9.53 Å². The van der Waals surface area contributed by atoms with Gasteiger partial charge in [0.25, 0.3) is 5.91 Å². The Morgan fingerprint density at radius 3 is 2.46 bits per heavy atom. The molecule has 0 heterocycles. The lowest BCUT2D eigenvalue weighted by molar-refractivity contribution is -0.123. The second-order valence-corrected chi connectivity index (χ2v) is 6.93. The first-order valence-electron chi connectivity index (χ1n) is 8.16. The SMILES string of the molecule is CCC(NC(=O)COc1ccc(Br)c(C)c1)c1ccc(C)c(C)c1. The Morgan fingerprint density at radius 2 is 1.83 bits per heavy atom. The number of carbonyl (C=O) groups excluding carboxylic acids is 1. The fourth-order valence-corrected chi connectivity index (χ4v) is 2.74. The molecule has 0 aliphatic heterocycles. The van der Waals surface area contributed by atoms with Crippen LogP contribution in [0.1, 0.15) is 41.6 Å². The van der Waals surface area contributed by atoms with Crippen molar-refractivity contribution in [1.29, 1.82) is 0 Å². The summed E-state index contributed by atoms with van der Waals surface area (Å²) in [6.07, 6.45) is 0.839. The molecule has 0 fully saturated rings. The molecule has 0 radical (unpaired) electrons. The van der Waals surface area contributed by atoms with Gasteiger partial charge in [0.15, 0.2) is 6.61 Å². The number of rotatable bonds is 6. The Balaban J connectivity index is 1.96. The van der Waals surface area contributed by atoms with Crippen LogP contribution in [-0.4, -0.2) is 12.5 Å². The third kappa shape index (κ3) is 4.84. The van der Waals surface area contributed by atoms with Crippen molar-refractivity contribution in [2.24, 2.45) is 0 Å². The van der Waals surface area contributed by atoms with Gasteiger partial charge in [0.05, 0.1) is 6.04 Å².